The van der Waals surface area contributed by atoms with E-state index in [4.69, 9.17) is 66.1 Å². The molecule has 2 aromatic carbocycles. The van der Waals surface area contributed by atoms with Gasteiger partial charge in [0.1, 0.15) is 20.7 Å². The summed E-state index contributed by atoms with van der Waals surface area (Å²) in [7, 11) is 3.23. The molecule has 52 heavy (non-hydrogen) atoms. The highest BCUT2D eigenvalue weighted by molar-refractivity contribution is 9.10. The summed E-state index contributed by atoms with van der Waals surface area (Å²) in [6.07, 6.45) is 0. The van der Waals surface area contributed by atoms with Gasteiger partial charge in [-0.2, -0.15) is 10.2 Å². The highest BCUT2D eigenvalue weighted by Crippen LogP contribution is 2.33. The Kier molecular flexibility index (Phi) is 12.9. The molecule has 0 amide bonds. The van der Waals surface area contributed by atoms with Gasteiger partial charge in [-0.05, 0) is 70.0 Å². The molecule has 0 radical (unpaired) electrons. The number of methoxy groups -OCH3 is 2. The maximum Gasteiger partial charge on any atom is 0.170 e. The van der Waals surface area contributed by atoms with Gasteiger partial charge in [0.2, 0.25) is 0 Å². The first-order valence-corrected chi connectivity index (χ1v) is 20.0. The van der Waals surface area contributed by atoms with Gasteiger partial charge < -0.3 is 19.3 Å². The quantitative estimate of drug-likeness (QED) is 0.144. The number of hydrogen-bond acceptors (Lipinski definition) is 9. The van der Waals surface area contributed by atoms with E-state index in [1.165, 1.54) is 0 Å². The lowest BCUT2D eigenvalue weighted by molar-refractivity contribution is -0.131. The molecule has 2 fully saturated rings. The van der Waals surface area contributed by atoms with Crippen molar-refractivity contribution in [3.63, 3.8) is 0 Å². The van der Waals surface area contributed by atoms with E-state index >= 15 is 4.79 Å². The predicted octanol–water partition coefficient (Wildman–Crippen LogP) is 7.50. The van der Waals surface area contributed by atoms with Crippen molar-refractivity contribution in [2.24, 2.45) is 0 Å². The number of ether oxygens (including phenoxy) is 2. The van der Waals surface area contributed by atoms with Crippen molar-refractivity contribution in [1.82, 2.24) is 29.4 Å². The summed E-state index contributed by atoms with van der Waals surface area (Å²) < 4.78 is 15.8. The van der Waals surface area contributed by atoms with Crippen LogP contribution in [0.15, 0.2) is 45.6 Å². The van der Waals surface area contributed by atoms with Gasteiger partial charge in [-0.15, -0.1) is 0 Å². The summed E-state index contributed by atoms with van der Waals surface area (Å²) in [6.45, 7) is 9.83. The molecule has 0 aliphatic carbocycles. The molecular weight excluding hydrogens is 882 g/mol. The molecule has 2 aliphatic rings. The van der Waals surface area contributed by atoms with Gasteiger partial charge in [-0.1, -0.05) is 46.4 Å². The van der Waals surface area contributed by atoms with Crippen LogP contribution >= 0.6 is 78.3 Å². The Balaban J connectivity index is 1.29. The van der Waals surface area contributed by atoms with E-state index < -0.39 is 12.1 Å². The summed E-state index contributed by atoms with van der Waals surface area (Å²) in [6, 6.07) is 10.6. The molecule has 0 spiro atoms. The fourth-order valence-electron chi connectivity index (χ4n) is 6.90. The Morgan fingerprint density at radius 1 is 0.673 bits per heavy atom. The summed E-state index contributed by atoms with van der Waals surface area (Å²) >= 11 is 33.1. The number of Topliss-reactive ketones (excluding diaryl/α,β-unsaturated/α-hetero) is 1. The monoisotopic (exact) mass is 918 g/mol. The normalized spacial score (nSPS) is 17.0. The summed E-state index contributed by atoms with van der Waals surface area (Å²) in [5, 5.41) is 11.6. The van der Waals surface area contributed by atoms with Crippen LogP contribution in [0, 0.1) is 13.8 Å². The molecule has 2 aliphatic heterocycles. The number of aromatic nitrogens is 4. The van der Waals surface area contributed by atoms with Crippen LogP contribution in [0.2, 0.25) is 20.1 Å². The summed E-state index contributed by atoms with van der Waals surface area (Å²) in [4.78, 5) is 24.4. The Morgan fingerprint density at radius 3 is 1.35 bits per heavy atom. The van der Waals surface area contributed by atoms with Crippen molar-refractivity contribution in [2.45, 2.75) is 39.0 Å². The van der Waals surface area contributed by atoms with E-state index in [9.17, 15) is 0 Å². The largest absolute Gasteiger partial charge is 0.495 e. The van der Waals surface area contributed by atoms with Gasteiger partial charge in [0, 0.05) is 75.9 Å². The van der Waals surface area contributed by atoms with E-state index in [0.29, 0.717) is 118 Å². The number of ketones is 1. The Bertz CT molecular complexity index is 1780. The minimum atomic E-state index is -0.511. The molecule has 280 valence electrons. The molecule has 0 N–H and O–H groups in total. The Hall–Kier alpha value is -2.23. The SMILES string of the molecule is COc1cc(N2CCN(C(Cn3nc(C)c(Cl)c3Br)C(=O)C(Cn3nc(C)c(Cl)c3Br)N3CCN(c4ccc(Cl)c(OC)c4)CC3)CC2)ccc1Cl. The molecule has 2 saturated heterocycles. The van der Waals surface area contributed by atoms with Crippen LogP contribution in [0.1, 0.15) is 11.4 Å². The third kappa shape index (κ3) is 8.36. The Labute approximate surface area is 340 Å². The maximum absolute atomic E-state index is 15.2. The lowest BCUT2D eigenvalue weighted by Crippen LogP contribution is -2.61. The molecule has 2 unspecified atom stereocenters. The van der Waals surface area contributed by atoms with Crippen molar-refractivity contribution in [3.05, 3.63) is 77.1 Å². The van der Waals surface area contributed by atoms with Crippen LogP contribution in [0.4, 0.5) is 11.4 Å². The lowest BCUT2D eigenvalue weighted by Gasteiger charge is -2.43. The number of benzene rings is 2. The zero-order valence-electron chi connectivity index (χ0n) is 29.3. The van der Waals surface area contributed by atoms with Crippen LogP contribution in [0.3, 0.4) is 0 Å². The van der Waals surface area contributed by atoms with E-state index in [2.05, 4.69) is 51.5 Å². The first kappa shape index (κ1) is 39.5. The van der Waals surface area contributed by atoms with Crippen molar-refractivity contribution < 1.29 is 14.3 Å². The highest BCUT2D eigenvalue weighted by atomic mass is 79.9. The van der Waals surface area contributed by atoms with Crippen LogP contribution < -0.4 is 19.3 Å². The summed E-state index contributed by atoms with van der Waals surface area (Å²) in [5.74, 6) is 1.34. The fraction of sp³-hybridized carbons (Fsp3) is 0.457. The van der Waals surface area contributed by atoms with Gasteiger partial charge in [0.25, 0.3) is 0 Å². The molecule has 6 rings (SSSR count). The number of nitrogens with zero attached hydrogens (tertiary/aromatic N) is 8. The van der Waals surface area contributed by atoms with Crippen molar-refractivity contribution in [1.29, 1.82) is 0 Å². The number of carbonyl (C=O) groups excluding carboxylic acids is 1. The number of anilines is 2. The zero-order chi connectivity index (χ0) is 37.3. The van der Waals surface area contributed by atoms with Crippen molar-refractivity contribution in [3.8, 4) is 11.5 Å². The molecule has 4 aromatic rings. The molecule has 0 bridgehead atoms. The average Bonchev–Trinajstić information content (AvgIpc) is 3.55. The second-order valence-electron chi connectivity index (χ2n) is 12.9. The van der Waals surface area contributed by atoms with Crippen LogP contribution in [0.25, 0.3) is 0 Å². The molecule has 2 aromatic heterocycles. The molecule has 17 heteroatoms. The smallest absolute Gasteiger partial charge is 0.170 e. The van der Waals surface area contributed by atoms with E-state index in [-0.39, 0.29) is 5.78 Å². The van der Waals surface area contributed by atoms with Crippen molar-refractivity contribution in [2.75, 3.05) is 76.4 Å². The van der Waals surface area contributed by atoms with Gasteiger partial charge in [-0.25, -0.2) is 0 Å². The lowest BCUT2D eigenvalue weighted by atomic mass is 9.99. The number of carbonyl (C=O) groups is 1. The number of hydrogen-bond donors (Lipinski definition) is 0. The van der Waals surface area contributed by atoms with E-state index in [1.54, 1.807) is 23.6 Å². The second-order valence-corrected chi connectivity index (χ2v) is 15.9. The molecule has 11 nitrogen and oxygen atoms in total. The standard InChI is InChI=1S/C35H40Br2Cl4N8O3/c1-21-31(40)34(36)48(42-21)19-27(46-13-9-44(10-14-46)23-5-7-25(38)29(17-23)51-3)33(50)28(20-49-35(37)32(41)22(2)43-49)47-15-11-45(12-16-47)24-6-8-26(39)30(18-24)52-4/h5-8,17-18,27-28H,9-16,19-20H2,1-4H3. The van der Waals surface area contributed by atoms with Gasteiger partial charge in [0.05, 0.1) is 70.9 Å². The zero-order valence-corrected chi connectivity index (χ0v) is 35.5. The molecule has 0 saturated carbocycles. The predicted molar refractivity (Wildman–Crippen MR) is 216 cm³/mol. The van der Waals surface area contributed by atoms with Crippen LogP contribution in [0.5, 0.6) is 11.5 Å². The van der Waals surface area contributed by atoms with Gasteiger partial charge in [0.15, 0.2) is 5.78 Å². The van der Waals surface area contributed by atoms with Crippen molar-refractivity contribution >= 4 is 95.4 Å². The number of aryl methyl sites for hydroxylation is 2. The summed E-state index contributed by atoms with van der Waals surface area (Å²) in [5.41, 5.74) is 3.42. The number of halogens is 6. The third-order valence-electron chi connectivity index (χ3n) is 9.85. The second kappa shape index (κ2) is 17.1. The minimum absolute atomic E-state index is 0.0792. The number of rotatable bonds is 12. The Morgan fingerprint density at radius 2 is 1.04 bits per heavy atom. The first-order valence-electron chi connectivity index (χ1n) is 16.9. The topological polar surface area (TPSA) is 84.1 Å². The van der Waals surface area contributed by atoms with E-state index in [1.807, 2.05) is 50.2 Å². The van der Waals surface area contributed by atoms with E-state index in [0.717, 1.165) is 11.4 Å². The molecule has 4 heterocycles. The third-order valence-corrected chi connectivity index (χ3v) is 13.4. The maximum atomic E-state index is 15.2. The average molecular weight is 922 g/mol. The fourth-order valence-corrected chi connectivity index (χ4v) is 8.58. The molecule has 2 atom stereocenters. The van der Waals surface area contributed by atoms with Crippen LogP contribution in [-0.4, -0.2) is 114 Å². The molecular formula is C35H40Br2Cl4N8O3. The highest BCUT2D eigenvalue weighted by Gasteiger charge is 2.39. The van der Waals surface area contributed by atoms with Gasteiger partial charge >= 0.3 is 0 Å². The van der Waals surface area contributed by atoms with Crippen LogP contribution in [-0.2, 0) is 17.9 Å². The first-order chi connectivity index (χ1) is 24.9. The minimum Gasteiger partial charge on any atom is -0.495 e. The van der Waals surface area contributed by atoms with Gasteiger partial charge in [-0.3, -0.25) is 24.0 Å². The number of piperazine rings is 2.